The van der Waals surface area contributed by atoms with Crippen molar-refractivity contribution in [2.45, 2.75) is 12.5 Å². The molecule has 0 aliphatic carbocycles. The Labute approximate surface area is 130 Å². The molecule has 1 N–H and O–H groups in total. The van der Waals surface area contributed by atoms with Crippen molar-refractivity contribution in [1.29, 1.82) is 0 Å². The summed E-state index contributed by atoms with van der Waals surface area (Å²) in [4.78, 5) is 15.3. The molecule has 1 aromatic carbocycles. The lowest BCUT2D eigenvalue weighted by Gasteiger charge is -2.38. The molecule has 0 saturated carbocycles. The van der Waals surface area contributed by atoms with Gasteiger partial charge in [-0.1, -0.05) is 0 Å². The minimum absolute atomic E-state index is 0.168. The molecular formula is C15H20N2O4S. The summed E-state index contributed by atoms with van der Waals surface area (Å²) in [6.07, 6.45) is 0.746. The summed E-state index contributed by atoms with van der Waals surface area (Å²) in [7, 11) is -2.83. The van der Waals surface area contributed by atoms with Gasteiger partial charge in [-0.25, -0.2) is 13.2 Å². The highest BCUT2D eigenvalue weighted by Crippen LogP contribution is 2.22. The molecular weight excluding hydrogens is 304 g/mol. The second-order valence-electron chi connectivity index (χ2n) is 5.93. The molecule has 2 fully saturated rings. The number of carboxylic acids is 1. The second-order valence-corrected chi connectivity index (χ2v) is 8.16. The molecule has 0 radical (unpaired) electrons. The van der Waals surface area contributed by atoms with Crippen molar-refractivity contribution >= 4 is 21.5 Å². The topological polar surface area (TPSA) is 77.9 Å². The van der Waals surface area contributed by atoms with Crippen molar-refractivity contribution in [1.82, 2.24) is 4.90 Å². The summed E-state index contributed by atoms with van der Waals surface area (Å²) in [5, 5.41) is 8.92. The Hall–Kier alpha value is -1.60. The lowest BCUT2D eigenvalue weighted by Crippen LogP contribution is -2.50. The number of carboxylic acid groups (broad SMARTS) is 1. The van der Waals surface area contributed by atoms with Crippen LogP contribution in [0.15, 0.2) is 24.3 Å². The van der Waals surface area contributed by atoms with E-state index in [0.717, 1.165) is 38.3 Å². The number of nitrogens with zero attached hydrogens (tertiary/aromatic N) is 2. The van der Waals surface area contributed by atoms with E-state index in [1.54, 1.807) is 12.1 Å². The zero-order valence-electron chi connectivity index (χ0n) is 12.3. The maximum atomic E-state index is 11.6. The predicted molar refractivity (Wildman–Crippen MR) is 84.2 cm³/mol. The second kappa shape index (κ2) is 5.89. The molecule has 120 valence electrons. The van der Waals surface area contributed by atoms with E-state index in [4.69, 9.17) is 5.11 Å². The normalized spacial score (nSPS) is 25.3. The van der Waals surface area contributed by atoms with Gasteiger partial charge in [-0.2, -0.15) is 0 Å². The molecule has 2 aliphatic rings. The van der Waals surface area contributed by atoms with Gasteiger partial charge in [0.05, 0.1) is 17.1 Å². The van der Waals surface area contributed by atoms with Crippen LogP contribution in [0.3, 0.4) is 0 Å². The van der Waals surface area contributed by atoms with Crippen LogP contribution in [0.4, 0.5) is 5.69 Å². The highest BCUT2D eigenvalue weighted by molar-refractivity contribution is 7.91. The number of hydrogen-bond acceptors (Lipinski definition) is 5. The van der Waals surface area contributed by atoms with Crippen molar-refractivity contribution in [2.75, 3.05) is 42.6 Å². The van der Waals surface area contributed by atoms with Crippen molar-refractivity contribution in [3.05, 3.63) is 29.8 Å². The predicted octanol–water partition coefficient (Wildman–Crippen LogP) is 0.694. The van der Waals surface area contributed by atoms with Crippen molar-refractivity contribution in [3.8, 4) is 0 Å². The fourth-order valence-electron chi connectivity index (χ4n) is 3.22. The monoisotopic (exact) mass is 324 g/mol. The van der Waals surface area contributed by atoms with E-state index in [-0.39, 0.29) is 6.04 Å². The number of sulfone groups is 1. The van der Waals surface area contributed by atoms with Crippen LogP contribution in [-0.2, 0) is 9.84 Å². The summed E-state index contributed by atoms with van der Waals surface area (Å²) < 4.78 is 23.1. The molecule has 0 amide bonds. The van der Waals surface area contributed by atoms with Crippen LogP contribution < -0.4 is 4.90 Å². The number of carbonyl (C=O) groups is 1. The van der Waals surface area contributed by atoms with Crippen LogP contribution in [0.25, 0.3) is 0 Å². The summed E-state index contributed by atoms with van der Waals surface area (Å²) >= 11 is 0. The fourth-order valence-corrected chi connectivity index (χ4v) is 4.99. The maximum Gasteiger partial charge on any atom is 0.335 e. The zero-order valence-corrected chi connectivity index (χ0v) is 13.1. The van der Waals surface area contributed by atoms with Gasteiger partial charge < -0.3 is 10.0 Å². The van der Waals surface area contributed by atoms with Crippen LogP contribution in [0.2, 0.25) is 0 Å². The first kappa shape index (κ1) is 15.3. The lowest BCUT2D eigenvalue weighted by molar-refractivity contribution is 0.0697. The molecule has 0 bridgehead atoms. The van der Waals surface area contributed by atoms with Crippen LogP contribution in [0, 0.1) is 0 Å². The Morgan fingerprint density at radius 2 is 1.73 bits per heavy atom. The van der Waals surface area contributed by atoms with Gasteiger partial charge in [0.1, 0.15) is 0 Å². The number of aromatic carboxylic acids is 1. The Morgan fingerprint density at radius 3 is 2.23 bits per heavy atom. The highest BCUT2D eigenvalue weighted by Gasteiger charge is 2.33. The minimum Gasteiger partial charge on any atom is -0.478 e. The van der Waals surface area contributed by atoms with E-state index in [9.17, 15) is 13.2 Å². The standard InChI is InChI=1S/C15H20N2O4S/c18-15(19)12-1-3-13(4-2-12)16-6-8-17(9-7-16)14-5-10-22(20,21)11-14/h1-4,14H,5-11H2,(H,18,19). The van der Waals surface area contributed by atoms with Gasteiger partial charge in [-0.15, -0.1) is 0 Å². The maximum absolute atomic E-state index is 11.6. The van der Waals surface area contributed by atoms with Crippen LogP contribution >= 0.6 is 0 Å². The van der Waals surface area contributed by atoms with Gasteiger partial charge in [-0.3, -0.25) is 4.90 Å². The van der Waals surface area contributed by atoms with E-state index in [1.165, 1.54) is 0 Å². The Balaban J connectivity index is 1.58. The molecule has 3 rings (SSSR count). The average Bonchev–Trinajstić information content (AvgIpc) is 2.88. The third-order valence-electron chi connectivity index (χ3n) is 4.52. The van der Waals surface area contributed by atoms with Crippen LogP contribution in [0.5, 0.6) is 0 Å². The van der Waals surface area contributed by atoms with Crippen molar-refractivity contribution in [2.24, 2.45) is 0 Å². The first-order chi connectivity index (χ1) is 10.4. The average molecular weight is 324 g/mol. The van der Waals surface area contributed by atoms with Crippen molar-refractivity contribution in [3.63, 3.8) is 0 Å². The van der Waals surface area contributed by atoms with Gasteiger partial charge >= 0.3 is 5.97 Å². The zero-order chi connectivity index (χ0) is 15.7. The lowest BCUT2D eigenvalue weighted by atomic mass is 10.1. The summed E-state index contributed by atoms with van der Waals surface area (Å²) in [6, 6.07) is 7.07. The Kier molecular flexibility index (Phi) is 4.10. The third-order valence-corrected chi connectivity index (χ3v) is 6.27. The number of rotatable bonds is 3. The summed E-state index contributed by atoms with van der Waals surface area (Å²) in [5.74, 6) is -0.312. The van der Waals surface area contributed by atoms with Gasteiger partial charge in [0.2, 0.25) is 0 Å². The molecule has 22 heavy (non-hydrogen) atoms. The molecule has 0 spiro atoms. The van der Waals surface area contributed by atoms with Gasteiger partial charge in [-0.05, 0) is 30.7 Å². The Morgan fingerprint density at radius 1 is 1.09 bits per heavy atom. The van der Waals surface area contributed by atoms with Crippen molar-refractivity contribution < 1.29 is 18.3 Å². The molecule has 2 saturated heterocycles. The smallest absolute Gasteiger partial charge is 0.335 e. The molecule has 0 aromatic heterocycles. The fraction of sp³-hybridized carbons (Fsp3) is 0.533. The van der Waals surface area contributed by atoms with Gasteiger partial charge in [0.15, 0.2) is 9.84 Å². The molecule has 1 atom stereocenters. The summed E-state index contributed by atoms with van der Waals surface area (Å²) in [5.41, 5.74) is 1.31. The molecule has 1 aromatic rings. The largest absolute Gasteiger partial charge is 0.478 e. The van der Waals surface area contributed by atoms with Gasteiger partial charge in [0.25, 0.3) is 0 Å². The number of benzene rings is 1. The Bertz CT molecular complexity index is 649. The van der Waals surface area contributed by atoms with Gasteiger partial charge in [0, 0.05) is 37.9 Å². The molecule has 6 nitrogen and oxygen atoms in total. The highest BCUT2D eigenvalue weighted by atomic mass is 32.2. The van der Waals surface area contributed by atoms with E-state index >= 15 is 0 Å². The SMILES string of the molecule is O=C(O)c1ccc(N2CCN(C3CCS(=O)(=O)C3)CC2)cc1. The molecule has 1 unspecified atom stereocenters. The quantitative estimate of drug-likeness (QED) is 0.881. The number of hydrogen-bond donors (Lipinski definition) is 1. The molecule has 2 aliphatic heterocycles. The van der Waals surface area contributed by atoms with E-state index in [0.29, 0.717) is 17.1 Å². The van der Waals surface area contributed by atoms with Crippen LogP contribution in [0.1, 0.15) is 16.8 Å². The van der Waals surface area contributed by atoms with Crippen LogP contribution in [-0.4, -0.2) is 68.1 Å². The number of anilines is 1. The summed E-state index contributed by atoms with van der Waals surface area (Å²) in [6.45, 7) is 3.37. The van der Waals surface area contributed by atoms with E-state index in [2.05, 4.69) is 9.80 Å². The molecule has 2 heterocycles. The first-order valence-corrected chi connectivity index (χ1v) is 9.29. The number of piperazine rings is 1. The third kappa shape index (κ3) is 3.25. The van der Waals surface area contributed by atoms with E-state index < -0.39 is 15.8 Å². The van der Waals surface area contributed by atoms with E-state index in [1.807, 2.05) is 12.1 Å². The molecule has 7 heteroatoms. The first-order valence-electron chi connectivity index (χ1n) is 7.47. The minimum atomic E-state index is -2.83.